The smallest absolute Gasteiger partial charge is 0.310 e. The number of hydrogen-bond donors (Lipinski definition) is 2. The highest BCUT2D eigenvalue weighted by molar-refractivity contribution is 7.18. The first-order valence-corrected chi connectivity index (χ1v) is 20.5. The molecule has 3 aromatic rings. The third kappa shape index (κ3) is 7.96. The molecule has 300 valence electrons. The number of rotatable bonds is 15. The Morgan fingerprint density at radius 1 is 1.11 bits per heavy atom. The number of nitrogens with one attached hydrogen (secondary N) is 1. The standard InChI is InChI=1S/C41H50ClN5O8S/c1-8-23-17-41(23,38(51)52)18-30(48)29-14-25(19-47(29)37(50)27(40(4,5)6)15-33(49)55-24-12-21-11-22(21)13-24)54-32-16-28(36-45-46-39(56-36)43-20(2)3)44-35-26(32)9-10-31(53-7)34(35)42/h8-10,16,20-25,27,29H,1,11-15,17-19H2,2-7H3,(H,43,46)(H,51,52)/t21-,22+,23-,24?,25-,27?,29+,41-/m1/s1. The molecule has 0 radical (unpaired) electrons. The van der Waals surface area contributed by atoms with E-state index in [9.17, 15) is 24.3 Å². The number of carbonyl (C=O) groups excluding carboxylic acids is 3. The van der Waals surface area contributed by atoms with Crippen LogP contribution >= 0.6 is 22.9 Å². The van der Waals surface area contributed by atoms with Gasteiger partial charge in [0, 0.05) is 30.3 Å². The van der Waals surface area contributed by atoms with Crippen LogP contribution in [0.5, 0.6) is 11.5 Å². The molecule has 0 bridgehead atoms. The summed E-state index contributed by atoms with van der Waals surface area (Å²) in [5, 5.41) is 24.0. The summed E-state index contributed by atoms with van der Waals surface area (Å²) in [5.74, 6) is -1.31. The van der Waals surface area contributed by atoms with Crippen LogP contribution < -0.4 is 14.8 Å². The van der Waals surface area contributed by atoms with Gasteiger partial charge in [0.1, 0.15) is 34.4 Å². The summed E-state index contributed by atoms with van der Waals surface area (Å²) in [7, 11) is 1.51. The lowest BCUT2D eigenvalue weighted by atomic mass is 9.77. The zero-order chi connectivity index (χ0) is 40.3. The summed E-state index contributed by atoms with van der Waals surface area (Å²) in [4.78, 5) is 61.2. The molecule has 4 aliphatic rings. The molecule has 3 aliphatic carbocycles. The summed E-state index contributed by atoms with van der Waals surface area (Å²) in [5.41, 5.74) is -1.07. The molecule has 0 spiro atoms. The summed E-state index contributed by atoms with van der Waals surface area (Å²) >= 11 is 8.13. The Hall–Kier alpha value is -4.30. The van der Waals surface area contributed by atoms with Crippen LogP contribution in [0.1, 0.15) is 79.6 Å². The number of nitrogens with zero attached hydrogens (tertiary/aromatic N) is 4. The Balaban J connectivity index is 1.20. The molecule has 1 aliphatic heterocycles. The number of aliphatic carboxylic acids is 1. The SMILES string of the molecule is C=C[C@@H]1C[C@]1(CC(=O)[C@@H]1C[C@@H](Oc2cc(-c3nnc(NC(C)C)s3)nc3c(Cl)c(OC)ccc23)CN1C(=O)C(CC(=O)OC1C[C@@H]2C[C@@H]2C1)C(C)(C)C)C(=O)O. The van der Waals surface area contributed by atoms with E-state index < -0.39 is 40.8 Å². The number of anilines is 1. The molecule has 7 rings (SSSR count). The fraction of sp³-hybridized carbons (Fsp3) is 0.585. The largest absolute Gasteiger partial charge is 0.495 e. The van der Waals surface area contributed by atoms with Crippen molar-refractivity contribution in [1.82, 2.24) is 20.1 Å². The monoisotopic (exact) mass is 807 g/mol. The number of carboxylic acids is 1. The number of hydrogen-bond acceptors (Lipinski definition) is 12. The number of fused-ring (bicyclic) bond motifs is 2. The minimum atomic E-state index is -1.27. The van der Waals surface area contributed by atoms with Crippen LogP contribution in [-0.2, 0) is 23.9 Å². The fourth-order valence-corrected chi connectivity index (χ4v) is 9.67. The van der Waals surface area contributed by atoms with Crippen LogP contribution in [0.2, 0.25) is 5.02 Å². The topological polar surface area (TPSA) is 170 Å². The highest BCUT2D eigenvalue weighted by Crippen LogP contribution is 2.57. The van der Waals surface area contributed by atoms with Crippen molar-refractivity contribution in [1.29, 1.82) is 0 Å². The number of allylic oxidation sites excluding steroid dienone is 1. The van der Waals surface area contributed by atoms with Gasteiger partial charge in [0.2, 0.25) is 11.0 Å². The molecule has 1 aromatic carbocycles. The highest BCUT2D eigenvalue weighted by atomic mass is 35.5. The number of ether oxygens (including phenoxy) is 3. The van der Waals surface area contributed by atoms with E-state index in [-0.39, 0.29) is 60.6 Å². The summed E-state index contributed by atoms with van der Waals surface area (Å²) < 4.78 is 18.1. The average Bonchev–Trinajstić information content (AvgIpc) is 3.80. The van der Waals surface area contributed by atoms with Gasteiger partial charge in [-0.2, -0.15) is 0 Å². The molecule has 1 amide bonds. The van der Waals surface area contributed by atoms with Gasteiger partial charge in [0.05, 0.1) is 43.0 Å². The molecule has 56 heavy (non-hydrogen) atoms. The van der Waals surface area contributed by atoms with E-state index in [2.05, 4.69) is 22.1 Å². The van der Waals surface area contributed by atoms with Gasteiger partial charge in [-0.3, -0.25) is 19.2 Å². The van der Waals surface area contributed by atoms with Crippen LogP contribution in [0.4, 0.5) is 5.13 Å². The summed E-state index contributed by atoms with van der Waals surface area (Å²) in [6.07, 6.45) is 3.69. The molecule has 2 aromatic heterocycles. The molecule has 8 atom stereocenters. The maximum Gasteiger partial charge on any atom is 0.310 e. The number of amides is 1. The van der Waals surface area contributed by atoms with E-state index in [1.165, 1.54) is 29.8 Å². The Bertz CT molecular complexity index is 2060. The minimum absolute atomic E-state index is 0.0259. The Labute approximate surface area is 335 Å². The van der Waals surface area contributed by atoms with E-state index >= 15 is 0 Å². The lowest BCUT2D eigenvalue weighted by Crippen LogP contribution is -2.48. The zero-order valence-corrected chi connectivity index (χ0v) is 34.2. The maximum atomic E-state index is 14.7. The summed E-state index contributed by atoms with van der Waals surface area (Å²) in [6, 6.07) is 4.39. The van der Waals surface area contributed by atoms with Crippen LogP contribution in [0, 0.1) is 34.5 Å². The van der Waals surface area contributed by atoms with Crippen molar-refractivity contribution in [3.05, 3.63) is 35.9 Å². The van der Waals surface area contributed by atoms with E-state index in [0.717, 1.165) is 12.8 Å². The first-order chi connectivity index (χ1) is 26.5. The lowest BCUT2D eigenvalue weighted by Gasteiger charge is -2.35. The van der Waals surface area contributed by atoms with Crippen molar-refractivity contribution in [3.8, 4) is 22.2 Å². The fourth-order valence-electron chi connectivity index (χ4n) is 8.53. The number of likely N-dealkylation sites (tertiary alicyclic amines) is 1. The van der Waals surface area contributed by atoms with Crippen molar-refractivity contribution in [2.24, 2.45) is 34.5 Å². The third-order valence-corrected chi connectivity index (χ3v) is 13.1. The number of benzene rings is 1. The van der Waals surface area contributed by atoms with E-state index in [0.29, 0.717) is 56.5 Å². The van der Waals surface area contributed by atoms with Gasteiger partial charge in [-0.05, 0) is 74.8 Å². The van der Waals surface area contributed by atoms with Crippen molar-refractivity contribution < 1.29 is 38.5 Å². The van der Waals surface area contributed by atoms with Crippen molar-refractivity contribution >= 4 is 62.6 Å². The van der Waals surface area contributed by atoms with Gasteiger partial charge in [-0.15, -0.1) is 16.8 Å². The number of halogens is 1. The van der Waals surface area contributed by atoms with Crippen molar-refractivity contribution in [2.45, 2.75) is 104 Å². The number of aromatic nitrogens is 3. The molecule has 3 saturated carbocycles. The second-order valence-corrected chi connectivity index (χ2v) is 18.6. The van der Waals surface area contributed by atoms with Gasteiger partial charge >= 0.3 is 11.9 Å². The molecule has 2 N–H and O–H groups in total. The highest BCUT2D eigenvalue weighted by Gasteiger charge is 2.61. The molecule has 15 heteroatoms. The quantitative estimate of drug-likeness (QED) is 0.117. The molecule has 3 heterocycles. The van der Waals surface area contributed by atoms with Gasteiger partial charge in [0.25, 0.3) is 0 Å². The van der Waals surface area contributed by atoms with Crippen molar-refractivity contribution in [3.63, 3.8) is 0 Å². The number of Topliss-reactive ketones (excluding diaryl/α,β-unsaturated/α-hetero) is 1. The van der Waals surface area contributed by atoms with Gasteiger partial charge in [0.15, 0.2) is 10.8 Å². The van der Waals surface area contributed by atoms with Crippen LogP contribution in [0.3, 0.4) is 0 Å². The van der Waals surface area contributed by atoms with Gasteiger partial charge in [-0.25, -0.2) is 4.98 Å². The first-order valence-electron chi connectivity index (χ1n) is 19.3. The van der Waals surface area contributed by atoms with Gasteiger partial charge < -0.3 is 29.5 Å². The van der Waals surface area contributed by atoms with Crippen LogP contribution in [0.15, 0.2) is 30.9 Å². The van der Waals surface area contributed by atoms with Crippen molar-refractivity contribution in [2.75, 3.05) is 19.0 Å². The number of carbonyl (C=O) groups is 4. The molecule has 13 nitrogen and oxygen atoms in total. The normalized spacial score (nSPS) is 27.1. The molecular weight excluding hydrogens is 758 g/mol. The summed E-state index contributed by atoms with van der Waals surface area (Å²) in [6.45, 7) is 13.5. The zero-order valence-electron chi connectivity index (χ0n) is 32.7. The number of esters is 1. The van der Waals surface area contributed by atoms with Crippen LogP contribution in [-0.4, -0.2) is 86.8 Å². The molecule has 4 fully saturated rings. The molecular formula is C41H50ClN5O8S. The van der Waals surface area contributed by atoms with Crippen LogP contribution in [0.25, 0.3) is 21.6 Å². The van der Waals surface area contributed by atoms with E-state index in [4.69, 9.17) is 30.8 Å². The maximum absolute atomic E-state index is 14.7. The number of methoxy groups -OCH3 is 1. The second-order valence-electron chi connectivity index (χ2n) is 17.3. The van der Waals surface area contributed by atoms with E-state index in [1.54, 1.807) is 24.3 Å². The number of pyridine rings is 1. The number of carboxylic acid groups (broad SMARTS) is 1. The minimum Gasteiger partial charge on any atom is -0.495 e. The first kappa shape index (κ1) is 39.9. The molecule has 1 saturated heterocycles. The molecule has 2 unspecified atom stereocenters. The predicted molar refractivity (Wildman–Crippen MR) is 212 cm³/mol. The Morgan fingerprint density at radius 2 is 1.84 bits per heavy atom. The number of ketones is 1. The predicted octanol–water partition coefficient (Wildman–Crippen LogP) is 7.21. The second kappa shape index (κ2) is 15.2. The Morgan fingerprint density at radius 3 is 2.46 bits per heavy atom. The average molecular weight is 808 g/mol. The Kier molecular flexibility index (Phi) is 10.9. The lowest BCUT2D eigenvalue weighted by molar-refractivity contribution is -0.157. The van der Waals surface area contributed by atoms with E-state index in [1.807, 2.05) is 34.6 Å². The van der Waals surface area contributed by atoms with Gasteiger partial charge in [-0.1, -0.05) is 49.8 Å². The third-order valence-electron chi connectivity index (χ3n) is 11.9.